The fourth-order valence-corrected chi connectivity index (χ4v) is 24.9. The van der Waals surface area contributed by atoms with E-state index in [1.54, 1.807) is 116 Å². The Morgan fingerprint density at radius 1 is 0.313 bits per heavy atom. The van der Waals surface area contributed by atoms with Crippen LogP contribution in [0.5, 0.6) is 0 Å². The van der Waals surface area contributed by atoms with Crippen molar-refractivity contribution in [2.45, 2.75) is 336 Å². The summed E-state index contributed by atoms with van der Waals surface area (Å²) in [4.78, 5) is 0. The first-order chi connectivity index (χ1) is 39.3. The van der Waals surface area contributed by atoms with Crippen molar-refractivity contribution in [3.05, 3.63) is 0 Å². The molecule has 0 N–H and O–H groups in total. The minimum atomic E-state index is 0.676. The first kappa shape index (κ1) is 64.5. The molecule has 2 atom stereocenters. The smallest absolute Gasteiger partial charge is 0.0545 e. The van der Waals surface area contributed by atoms with Crippen LogP contribution in [0.3, 0.4) is 0 Å². The molecule has 478 valence electrons. The lowest BCUT2D eigenvalue weighted by Gasteiger charge is -3.09. The van der Waals surface area contributed by atoms with Crippen molar-refractivity contribution in [3.8, 4) is 0 Å². The zero-order chi connectivity index (χ0) is 59.3. The molecule has 1 heteroatoms. The Labute approximate surface area is 518 Å². The van der Waals surface area contributed by atoms with Gasteiger partial charge in [-0.2, -0.15) is 0 Å². The monoisotopic (exact) mass is 1150 g/mol. The molecule has 1 aliphatic heterocycles. The Bertz CT molecular complexity index is 1950. The summed E-state index contributed by atoms with van der Waals surface area (Å²) in [5.41, 5.74) is 6.68. The fraction of sp³-hybridized carbons (Fsp3) is 1.00. The third kappa shape index (κ3) is 11.8. The van der Waals surface area contributed by atoms with E-state index in [1.807, 2.05) is 0 Å². The average molecular weight is 1150 g/mol. The van der Waals surface area contributed by atoms with Crippen molar-refractivity contribution < 1.29 is 4.74 Å². The van der Waals surface area contributed by atoms with Gasteiger partial charge >= 0.3 is 0 Å². The summed E-state index contributed by atoms with van der Waals surface area (Å²) in [7, 11) is 0. The molecular formula is C82H144O. The fourth-order valence-electron chi connectivity index (χ4n) is 24.9. The van der Waals surface area contributed by atoms with Crippen LogP contribution < -0.4 is 0 Å². The second-order valence-corrected chi connectivity index (χ2v) is 39.1. The quantitative estimate of drug-likeness (QED) is 0.235. The average Bonchev–Trinajstić information content (AvgIpc) is 0.799. The Hall–Kier alpha value is -0.0400. The standard InChI is InChI=1S/C13H24.2C12H22.C11H14.C10H18.C9H16O.C8H14.C7H14/c1-11(2)12-6-9-13(10-12)7-4-3-5-8-13;1-10(2)11-6-9-12(11)7-4-3-5-8-12;1-10(2)11-8-12(9-11)6-4-3-5-7-12;1-3(2)11-8-5-4-6(8)10(11)7(4)9(5)11;1-8(2)9-6-10(7-9)4-3-5-10;1-7(2)8-3-9(4-8)5-10-6-9;1-6(2)8-3-7(4-8)5-8;1-6(2)7(3)4-5-7/h11-12H,3-10H2,1-2H3;2*10-11H,3-9H2,1-2H3;3-10H,1-2H3;8-9H,3-7H2,1-2H3;7-8H,3-6H2,1-2H3;6-7H,3-5H2,1-2H3;6H,4-5H2,1-3H3. The first-order valence-corrected chi connectivity index (χ1v) is 38.9. The Balaban J connectivity index is 0.0000000998. The van der Waals surface area contributed by atoms with Crippen molar-refractivity contribution in [1.29, 1.82) is 0 Å². The van der Waals surface area contributed by atoms with Crippen molar-refractivity contribution >= 4 is 0 Å². The molecular weight excluding hydrogens is 1000 g/mol. The van der Waals surface area contributed by atoms with Gasteiger partial charge in [-0.1, -0.05) is 182 Å². The highest BCUT2D eigenvalue weighted by Gasteiger charge is 3.04. The van der Waals surface area contributed by atoms with Gasteiger partial charge in [-0.05, 0) is 316 Å². The molecule has 19 saturated carbocycles. The van der Waals surface area contributed by atoms with Crippen LogP contribution in [0.2, 0.25) is 0 Å². The maximum Gasteiger partial charge on any atom is 0.0545 e. The first-order valence-electron chi connectivity index (χ1n) is 38.9. The number of hydrogen-bond donors (Lipinski definition) is 0. The summed E-state index contributed by atoms with van der Waals surface area (Å²) >= 11 is 0. The second-order valence-electron chi connectivity index (χ2n) is 39.1. The third-order valence-electron chi connectivity index (χ3n) is 32.4. The van der Waals surface area contributed by atoms with E-state index in [0.717, 1.165) is 134 Å². The molecule has 20 rings (SSSR count). The lowest BCUT2D eigenvalue weighted by Crippen LogP contribution is -3.06. The summed E-state index contributed by atoms with van der Waals surface area (Å²) in [6.45, 7) is 42.6. The van der Waals surface area contributed by atoms with E-state index in [1.165, 1.54) is 144 Å². The lowest BCUT2D eigenvalue weighted by atomic mass is 8.95. The van der Waals surface area contributed by atoms with E-state index in [9.17, 15) is 0 Å². The van der Waals surface area contributed by atoms with Crippen LogP contribution in [0.1, 0.15) is 336 Å². The van der Waals surface area contributed by atoms with E-state index >= 15 is 0 Å². The molecule has 5 spiro atoms. The third-order valence-corrected chi connectivity index (χ3v) is 32.4. The predicted molar refractivity (Wildman–Crippen MR) is 357 cm³/mol. The van der Waals surface area contributed by atoms with E-state index in [0.29, 0.717) is 5.41 Å². The van der Waals surface area contributed by atoms with E-state index < -0.39 is 0 Å². The summed E-state index contributed by atoms with van der Waals surface area (Å²) in [6, 6.07) is 0. The molecule has 1 saturated heterocycles. The summed E-state index contributed by atoms with van der Waals surface area (Å²) in [5.74, 6) is 23.0. The molecule has 20 aliphatic rings. The van der Waals surface area contributed by atoms with Crippen LogP contribution in [0, 0.1) is 168 Å². The summed E-state index contributed by atoms with van der Waals surface area (Å²) < 4.78 is 5.21. The van der Waals surface area contributed by atoms with Crippen molar-refractivity contribution in [1.82, 2.24) is 0 Å². The van der Waals surface area contributed by atoms with Gasteiger partial charge in [-0.3, -0.25) is 0 Å². The van der Waals surface area contributed by atoms with Gasteiger partial charge < -0.3 is 4.74 Å². The summed E-state index contributed by atoms with van der Waals surface area (Å²) in [6.07, 6.45) is 52.0. The van der Waals surface area contributed by atoms with Crippen molar-refractivity contribution in [2.24, 2.45) is 168 Å². The summed E-state index contributed by atoms with van der Waals surface area (Å²) in [5, 5.41) is 0. The van der Waals surface area contributed by atoms with Crippen LogP contribution in [-0.4, -0.2) is 13.2 Å². The predicted octanol–water partition coefficient (Wildman–Crippen LogP) is 24.6. The van der Waals surface area contributed by atoms with Crippen LogP contribution in [-0.2, 0) is 4.74 Å². The Kier molecular flexibility index (Phi) is 19.1. The Morgan fingerprint density at radius 3 is 0.952 bits per heavy atom. The van der Waals surface area contributed by atoms with Gasteiger partial charge in [0.25, 0.3) is 0 Å². The SMILES string of the molecule is CC(C)C1(C)CC1.CC(C)C12C3C4C5C3C1C5C42.CC(C)C12CC(C1)C2.CC(C)C1CC2(CCC2)C1.CC(C)C1CC2(CCCCC2)C1.CC(C)C1CC2(COC2)C1.CC(C)C1CCC12CCCCC2.CC(C)C1CCC2(CCCCC2)C1. The van der Waals surface area contributed by atoms with E-state index in [-0.39, 0.29) is 0 Å². The number of hydrogen-bond acceptors (Lipinski definition) is 1. The highest BCUT2D eigenvalue weighted by Crippen LogP contribution is 3.07. The van der Waals surface area contributed by atoms with E-state index in [4.69, 9.17) is 4.74 Å². The lowest BCUT2D eigenvalue weighted by molar-refractivity contribution is -0.624. The molecule has 2 bridgehead atoms. The molecule has 83 heavy (non-hydrogen) atoms. The van der Waals surface area contributed by atoms with Crippen molar-refractivity contribution in [2.75, 3.05) is 13.2 Å². The zero-order valence-corrected chi connectivity index (χ0v) is 59.0. The van der Waals surface area contributed by atoms with E-state index in [2.05, 4.69) is 118 Å². The molecule has 1 nitrogen and oxygen atoms in total. The van der Waals surface area contributed by atoms with Gasteiger partial charge in [0.15, 0.2) is 0 Å². The van der Waals surface area contributed by atoms with Crippen LogP contribution in [0.15, 0.2) is 0 Å². The van der Waals surface area contributed by atoms with Gasteiger partial charge in [0.1, 0.15) is 0 Å². The van der Waals surface area contributed by atoms with Crippen LogP contribution in [0.4, 0.5) is 0 Å². The molecule has 0 aromatic carbocycles. The second kappa shape index (κ2) is 24.5. The molecule has 2 unspecified atom stereocenters. The zero-order valence-electron chi connectivity index (χ0n) is 59.0. The van der Waals surface area contributed by atoms with Gasteiger partial charge in [-0.25, -0.2) is 0 Å². The largest absolute Gasteiger partial charge is 0.380 e. The highest BCUT2D eigenvalue weighted by atomic mass is 16.5. The molecule has 0 aromatic rings. The topological polar surface area (TPSA) is 9.23 Å². The van der Waals surface area contributed by atoms with Gasteiger partial charge in [0.2, 0.25) is 0 Å². The van der Waals surface area contributed by atoms with Crippen molar-refractivity contribution in [3.63, 3.8) is 0 Å². The number of rotatable bonds is 8. The number of ether oxygens (including phenoxy) is 1. The van der Waals surface area contributed by atoms with Gasteiger partial charge in [-0.15, -0.1) is 0 Å². The molecule has 20 fully saturated rings. The maximum absolute atomic E-state index is 5.21. The molecule has 0 amide bonds. The highest BCUT2D eigenvalue weighted by molar-refractivity contribution is 5.50. The maximum atomic E-state index is 5.21. The molecule has 1 heterocycles. The molecule has 0 aromatic heterocycles. The minimum absolute atomic E-state index is 0.676. The molecule has 0 radical (unpaired) electrons. The Morgan fingerprint density at radius 2 is 0.711 bits per heavy atom. The molecule has 19 aliphatic carbocycles. The van der Waals surface area contributed by atoms with Crippen LogP contribution in [0.25, 0.3) is 0 Å². The normalized spacial score (nSPS) is 41.7. The van der Waals surface area contributed by atoms with Gasteiger partial charge in [0.05, 0.1) is 13.2 Å². The van der Waals surface area contributed by atoms with Crippen LogP contribution >= 0.6 is 0 Å². The minimum Gasteiger partial charge on any atom is -0.380 e. The van der Waals surface area contributed by atoms with Gasteiger partial charge in [0, 0.05) is 5.41 Å².